The van der Waals surface area contributed by atoms with Gasteiger partial charge in [0.05, 0.1) is 6.04 Å². The van der Waals surface area contributed by atoms with Crippen LogP contribution in [-0.2, 0) is 0 Å². The lowest BCUT2D eigenvalue weighted by Gasteiger charge is -2.14. The van der Waals surface area contributed by atoms with Gasteiger partial charge in [0.2, 0.25) is 0 Å². The van der Waals surface area contributed by atoms with Crippen molar-refractivity contribution in [1.82, 2.24) is 5.32 Å². The molecule has 2 heteroatoms. The van der Waals surface area contributed by atoms with Crippen molar-refractivity contribution in [3.63, 3.8) is 0 Å². The zero-order valence-corrected chi connectivity index (χ0v) is 11.4. The summed E-state index contributed by atoms with van der Waals surface area (Å²) in [5.74, 6) is 1.08. The third-order valence-corrected chi connectivity index (χ3v) is 3.33. The fraction of sp³-hybridized carbons (Fsp3) is 0.500. The molecule has 0 radical (unpaired) electrons. The minimum absolute atomic E-state index is 0.356. The number of nitrogens with one attached hydrogen (secondary N) is 1. The summed E-state index contributed by atoms with van der Waals surface area (Å²) in [4.78, 5) is 0. The van der Waals surface area contributed by atoms with Gasteiger partial charge in [0, 0.05) is 5.39 Å². The Morgan fingerprint density at radius 1 is 1.17 bits per heavy atom. The second-order valence-corrected chi connectivity index (χ2v) is 4.79. The van der Waals surface area contributed by atoms with Crippen LogP contribution in [-0.4, -0.2) is 6.54 Å². The van der Waals surface area contributed by atoms with Crippen molar-refractivity contribution in [3.8, 4) is 0 Å². The zero-order chi connectivity index (χ0) is 12.8. The highest BCUT2D eigenvalue weighted by Crippen LogP contribution is 2.26. The molecular formula is C16H23NO. The Morgan fingerprint density at radius 2 is 2.00 bits per heavy atom. The van der Waals surface area contributed by atoms with Crippen LogP contribution in [0, 0.1) is 0 Å². The minimum atomic E-state index is 0.356. The largest absolute Gasteiger partial charge is 0.459 e. The van der Waals surface area contributed by atoms with Crippen LogP contribution in [0.3, 0.4) is 0 Å². The van der Waals surface area contributed by atoms with E-state index in [1.54, 1.807) is 0 Å². The van der Waals surface area contributed by atoms with E-state index in [0.717, 1.165) is 24.3 Å². The highest BCUT2D eigenvalue weighted by Gasteiger charge is 2.14. The number of unbranched alkanes of at least 4 members (excludes halogenated alkanes) is 2. The molecule has 1 aromatic carbocycles. The third-order valence-electron chi connectivity index (χ3n) is 3.33. The summed E-state index contributed by atoms with van der Waals surface area (Å²) < 4.78 is 5.95. The van der Waals surface area contributed by atoms with E-state index in [1.807, 2.05) is 12.1 Å². The molecule has 0 saturated heterocycles. The normalized spacial score (nSPS) is 13.0. The molecule has 2 aromatic rings. The predicted molar refractivity (Wildman–Crippen MR) is 76.8 cm³/mol. The summed E-state index contributed by atoms with van der Waals surface area (Å²) in [5, 5.41) is 4.72. The Bertz CT molecular complexity index is 442. The van der Waals surface area contributed by atoms with E-state index >= 15 is 0 Å². The Balaban J connectivity index is 2.13. The van der Waals surface area contributed by atoms with Crippen molar-refractivity contribution >= 4 is 11.0 Å². The molecule has 1 N–H and O–H groups in total. The van der Waals surface area contributed by atoms with Crippen LogP contribution in [0.5, 0.6) is 0 Å². The molecule has 0 bridgehead atoms. The first-order valence-corrected chi connectivity index (χ1v) is 7.07. The molecule has 2 nitrogen and oxygen atoms in total. The molecule has 1 aromatic heterocycles. The maximum atomic E-state index is 5.95. The van der Waals surface area contributed by atoms with Gasteiger partial charge in [0.15, 0.2) is 0 Å². The second kappa shape index (κ2) is 6.60. The van der Waals surface area contributed by atoms with Gasteiger partial charge in [-0.25, -0.2) is 0 Å². The summed E-state index contributed by atoms with van der Waals surface area (Å²) in [6.07, 6.45) is 4.97. The van der Waals surface area contributed by atoms with Crippen LogP contribution in [0.4, 0.5) is 0 Å². The highest BCUT2D eigenvalue weighted by atomic mass is 16.3. The summed E-state index contributed by atoms with van der Waals surface area (Å²) in [7, 11) is 0. The van der Waals surface area contributed by atoms with Crippen molar-refractivity contribution in [2.45, 2.75) is 45.6 Å². The van der Waals surface area contributed by atoms with E-state index in [2.05, 4.69) is 37.4 Å². The van der Waals surface area contributed by atoms with Gasteiger partial charge >= 0.3 is 0 Å². The quantitative estimate of drug-likeness (QED) is 0.717. The van der Waals surface area contributed by atoms with Crippen molar-refractivity contribution < 1.29 is 4.42 Å². The van der Waals surface area contributed by atoms with Gasteiger partial charge in [0.1, 0.15) is 11.3 Å². The van der Waals surface area contributed by atoms with Gasteiger partial charge in [0.25, 0.3) is 0 Å². The van der Waals surface area contributed by atoms with Crippen molar-refractivity contribution in [1.29, 1.82) is 0 Å². The maximum Gasteiger partial charge on any atom is 0.134 e. The molecule has 2 rings (SSSR count). The van der Waals surface area contributed by atoms with E-state index in [1.165, 1.54) is 24.6 Å². The lowest BCUT2D eigenvalue weighted by atomic mass is 10.1. The van der Waals surface area contributed by atoms with Crippen molar-refractivity contribution in [3.05, 3.63) is 36.1 Å². The first-order valence-electron chi connectivity index (χ1n) is 7.07. The number of para-hydroxylation sites is 1. The van der Waals surface area contributed by atoms with E-state index in [-0.39, 0.29) is 0 Å². The summed E-state index contributed by atoms with van der Waals surface area (Å²) in [5.41, 5.74) is 0.992. The van der Waals surface area contributed by atoms with Crippen LogP contribution in [0.15, 0.2) is 34.7 Å². The lowest BCUT2D eigenvalue weighted by molar-refractivity contribution is 0.405. The number of rotatable bonds is 7. The van der Waals surface area contributed by atoms with Gasteiger partial charge < -0.3 is 9.73 Å². The molecule has 0 amide bonds. The van der Waals surface area contributed by atoms with Crippen molar-refractivity contribution in [2.24, 2.45) is 0 Å². The van der Waals surface area contributed by atoms with Gasteiger partial charge in [-0.1, -0.05) is 51.3 Å². The van der Waals surface area contributed by atoms with E-state index in [9.17, 15) is 0 Å². The molecule has 98 valence electrons. The first-order chi connectivity index (χ1) is 8.85. The zero-order valence-electron chi connectivity index (χ0n) is 11.4. The summed E-state index contributed by atoms with van der Waals surface area (Å²) >= 11 is 0. The first kappa shape index (κ1) is 13.2. The summed E-state index contributed by atoms with van der Waals surface area (Å²) in [6, 6.07) is 10.8. The molecule has 1 heterocycles. The van der Waals surface area contributed by atoms with E-state index in [4.69, 9.17) is 4.42 Å². The van der Waals surface area contributed by atoms with E-state index < -0.39 is 0 Å². The van der Waals surface area contributed by atoms with Gasteiger partial charge in [-0.2, -0.15) is 0 Å². The van der Waals surface area contributed by atoms with E-state index in [0.29, 0.717) is 6.04 Å². The topological polar surface area (TPSA) is 25.2 Å². The van der Waals surface area contributed by atoms with Gasteiger partial charge in [-0.05, 0) is 25.1 Å². The summed E-state index contributed by atoms with van der Waals surface area (Å²) in [6.45, 7) is 5.37. The van der Waals surface area contributed by atoms with Crippen LogP contribution in [0.25, 0.3) is 11.0 Å². The minimum Gasteiger partial charge on any atom is -0.459 e. The Kier molecular flexibility index (Phi) is 4.82. The Hall–Kier alpha value is -1.28. The Labute approximate surface area is 109 Å². The van der Waals surface area contributed by atoms with Gasteiger partial charge in [-0.3, -0.25) is 0 Å². The molecule has 0 fully saturated rings. The maximum absolute atomic E-state index is 5.95. The fourth-order valence-electron chi connectivity index (χ4n) is 2.36. The number of fused-ring (bicyclic) bond motifs is 1. The molecule has 0 aliphatic rings. The SMILES string of the molecule is CCCCCC(NCC)c1cc2ccccc2o1. The van der Waals surface area contributed by atoms with Gasteiger partial charge in [-0.15, -0.1) is 0 Å². The van der Waals surface area contributed by atoms with Crippen LogP contribution in [0.2, 0.25) is 0 Å². The third kappa shape index (κ3) is 3.14. The molecule has 1 atom stereocenters. The smallest absolute Gasteiger partial charge is 0.134 e. The number of hydrogen-bond donors (Lipinski definition) is 1. The predicted octanol–water partition coefficient (Wildman–Crippen LogP) is 4.66. The molecule has 1 unspecified atom stereocenters. The fourth-order valence-corrected chi connectivity index (χ4v) is 2.36. The Morgan fingerprint density at radius 3 is 2.72 bits per heavy atom. The molecule has 0 saturated carbocycles. The molecule has 0 aliphatic carbocycles. The lowest BCUT2D eigenvalue weighted by Crippen LogP contribution is -2.20. The monoisotopic (exact) mass is 245 g/mol. The van der Waals surface area contributed by atoms with Crippen molar-refractivity contribution in [2.75, 3.05) is 6.54 Å². The van der Waals surface area contributed by atoms with Crippen LogP contribution < -0.4 is 5.32 Å². The molecular weight excluding hydrogens is 222 g/mol. The highest BCUT2D eigenvalue weighted by molar-refractivity contribution is 5.77. The van der Waals surface area contributed by atoms with Crippen LogP contribution in [0.1, 0.15) is 51.3 Å². The molecule has 0 aliphatic heterocycles. The second-order valence-electron chi connectivity index (χ2n) is 4.79. The number of benzene rings is 1. The average molecular weight is 245 g/mol. The standard InChI is InChI=1S/C16H23NO/c1-3-5-6-10-14(17-4-2)16-12-13-9-7-8-11-15(13)18-16/h7-9,11-12,14,17H,3-6,10H2,1-2H3. The number of hydrogen-bond acceptors (Lipinski definition) is 2. The molecule has 0 spiro atoms. The average Bonchev–Trinajstić information content (AvgIpc) is 2.81. The molecule has 18 heavy (non-hydrogen) atoms. The number of furan rings is 1. The van der Waals surface area contributed by atoms with Crippen LogP contribution >= 0.6 is 0 Å².